The molecule has 4 rings (SSSR count). The lowest BCUT2D eigenvalue weighted by molar-refractivity contribution is 0.0222. The van der Waals surface area contributed by atoms with Crippen molar-refractivity contribution in [2.24, 2.45) is 0 Å². The third kappa shape index (κ3) is 5.72. The summed E-state index contributed by atoms with van der Waals surface area (Å²) in [4.78, 5) is 23.2. The van der Waals surface area contributed by atoms with Crippen LogP contribution >= 0.6 is 11.6 Å². The van der Waals surface area contributed by atoms with Gasteiger partial charge < -0.3 is 14.7 Å². The molecule has 0 saturated heterocycles. The van der Waals surface area contributed by atoms with Gasteiger partial charge in [-0.15, -0.1) is 0 Å². The van der Waals surface area contributed by atoms with Crippen molar-refractivity contribution in [1.82, 2.24) is 14.9 Å². The zero-order valence-electron chi connectivity index (χ0n) is 19.4. The SMILES string of the molecule is CC(C)(C)OC(=O)N1CCc2nc(-c3ccc(C(O)Cc4ccc(Cl)cc4F)cc3)ncc2C1. The minimum atomic E-state index is -0.854. The maximum Gasteiger partial charge on any atom is 0.410 e. The van der Waals surface area contributed by atoms with Crippen LogP contribution in [-0.4, -0.2) is 38.2 Å². The molecule has 0 aliphatic carbocycles. The van der Waals surface area contributed by atoms with E-state index in [0.717, 1.165) is 16.8 Å². The number of carbonyl (C=O) groups is 1. The second-order valence-corrected chi connectivity index (χ2v) is 9.83. The molecule has 1 amide bonds. The summed E-state index contributed by atoms with van der Waals surface area (Å²) >= 11 is 5.80. The Morgan fingerprint density at radius 1 is 1.24 bits per heavy atom. The van der Waals surface area contributed by atoms with E-state index in [0.29, 0.717) is 41.5 Å². The third-order valence-corrected chi connectivity index (χ3v) is 5.80. The Bertz CT molecular complexity index is 1190. The topological polar surface area (TPSA) is 75.5 Å². The van der Waals surface area contributed by atoms with Crippen LogP contribution in [0.2, 0.25) is 5.02 Å². The Morgan fingerprint density at radius 3 is 2.65 bits per heavy atom. The van der Waals surface area contributed by atoms with E-state index in [4.69, 9.17) is 21.3 Å². The first-order chi connectivity index (χ1) is 16.1. The highest BCUT2D eigenvalue weighted by atomic mass is 35.5. The monoisotopic (exact) mass is 483 g/mol. The van der Waals surface area contributed by atoms with Crippen LogP contribution in [0.3, 0.4) is 0 Å². The number of carbonyl (C=O) groups excluding carboxylic acids is 1. The summed E-state index contributed by atoms with van der Waals surface area (Å²) in [5, 5.41) is 10.9. The summed E-state index contributed by atoms with van der Waals surface area (Å²) in [6.07, 6.45) is 1.32. The van der Waals surface area contributed by atoms with Crippen molar-refractivity contribution in [1.29, 1.82) is 0 Å². The number of aromatic nitrogens is 2. The van der Waals surface area contributed by atoms with Gasteiger partial charge in [-0.1, -0.05) is 41.9 Å². The molecule has 3 aromatic rings. The molecular formula is C26H27ClFN3O3. The Kier molecular flexibility index (Phi) is 6.86. The van der Waals surface area contributed by atoms with Crippen LogP contribution < -0.4 is 0 Å². The predicted octanol–water partition coefficient (Wildman–Crippen LogP) is 5.51. The molecule has 0 radical (unpaired) electrons. The van der Waals surface area contributed by atoms with Crippen LogP contribution in [0.5, 0.6) is 0 Å². The van der Waals surface area contributed by atoms with Crippen molar-refractivity contribution < 1.29 is 19.0 Å². The molecule has 1 aliphatic heterocycles. The highest BCUT2D eigenvalue weighted by molar-refractivity contribution is 6.30. The maximum atomic E-state index is 14.1. The quantitative estimate of drug-likeness (QED) is 0.530. The van der Waals surface area contributed by atoms with E-state index >= 15 is 0 Å². The summed E-state index contributed by atoms with van der Waals surface area (Å²) < 4.78 is 19.5. The van der Waals surface area contributed by atoms with Gasteiger partial charge >= 0.3 is 6.09 Å². The first-order valence-corrected chi connectivity index (χ1v) is 11.5. The fourth-order valence-corrected chi connectivity index (χ4v) is 3.96. The molecule has 2 aromatic carbocycles. The molecule has 1 atom stereocenters. The Morgan fingerprint density at radius 2 is 1.97 bits per heavy atom. The highest BCUT2D eigenvalue weighted by Crippen LogP contribution is 2.26. The lowest BCUT2D eigenvalue weighted by atomic mass is 9.99. The Labute approximate surface area is 203 Å². The van der Waals surface area contributed by atoms with Crippen molar-refractivity contribution in [3.8, 4) is 11.4 Å². The van der Waals surface area contributed by atoms with E-state index in [2.05, 4.69) is 4.98 Å². The fraction of sp³-hybridized carbons (Fsp3) is 0.346. The highest BCUT2D eigenvalue weighted by Gasteiger charge is 2.26. The fourth-order valence-electron chi connectivity index (χ4n) is 3.81. The number of hydrogen-bond acceptors (Lipinski definition) is 5. The molecule has 1 aromatic heterocycles. The van der Waals surface area contributed by atoms with Gasteiger partial charge in [0.05, 0.1) is 18.3 Å². The summed E-state index contributed by atoms with van der Waals surface area (Å²) in [5.41, 5.74) is 3.15. The molecule has 8 heteroatoms. The van der Waals surface area contributed by atoms with Crippen LogP contribution in [0.15, 0.2) is 48.7 Å². The lowest BCUT2D eigenvalue weighted by Crippen LogP contribution is -2.40. The van der Waals surface area contributed by atoms with Gasteiger partial charge in [0.15, 0.2) is 5.82 Å². The van der Waals surface area contributed by atoms with Crippen molar-refractivity contribution in [3.63, 3.8) is 0 Å². The van der Waals surface area contributed by atoms with Gasteiger partial charge in [0.2, 0.25) is 0 Å². The molecular weight excluding hydrogens is 457 g/mol. The van der Waals surface area contributed by atoms with Gasteiger partial charge in [0.1, 0.15) is 11.4 Å². The number of fused-ring (bicyclic) bond motifs is 1. The van der Waals surface area contributed by atoms with Crippen LogP contribution in [0.25, 0.3) is 11.4 Å². The van der Waals surface area contributed by atoms with E-state index in [1.54, 1.807) is 35.4 Å². The van der Waals surface area contributed by atoms with Crippen LogP contribution in [0.4, 0.5) is 9.18 Å². The first-order valence-electron chi connectivity index (χ1n) is 11.1. The molecule has 6 nitrogen and oxygen atoms in total. The molecule has 1 aliphatic rings. The zero-order chi connectivity index (χ0) is 24.5. The molecule has 1 N–H and O–H groups in total. The lowest BCUT2D eigenvalue weighted by Gasteiger charge is -2.30. The average molecular weight is 484 g/mol. The number of nitrogens with zero attached hydrogens (tertiary/aromatic N) is 3. The predicted molar refractivity (Wildman–Crippen MR) is 128 cm³/mol. The Hall–Kier alpha value is -3.03. The van der Waals surface area contributed by atoms with E-state index in [9.17, 15) is 14.3 Å². The summed E-state index contributed by atoms with van der Waals surface area (Å²) in [6, 6.07) is 11.7. The van der Waals surface area contributed by atoms with E-state index in [1.165, 1.54) is 6.07 Å². The van der Waals surface area contributed by atoms with Gasteiger partial charge in [0.25, 0.3) is 0 Å². The standard InChI is InChI=1S/C26H27ClFN3O3/c1-26(2,3)34-25(33)31-11-10-22-19(15-31)14-29-24(30-22)17-6-4-16(5-7-17)23(32)12-18-8-9-20(27)13-21(18)28/h4-9,13-14,23,32H,10-12,15H2,1-3H3. The van der Waals surface area contributed by atoms with Gasteiger partial charge in [-0.3, -0.25) is 0 Å². The largest absolute Gasteiger partial charge is 0.444 e. The second-order valence-electron chi connectivity index (χ2n) is 9.40. The zero-order valence-corrected chi connectivity index (χ0v) is 20.1. The molecule has 0 spiro atoms. The summed E-state index contributed by atoms with van der Waals surface area (Å²) in [6.45, 7) is 6.48. The number of rotatable bonds is 4. The van der Waals surface area contributed by atoms with Crippen LogP contribution in [0, 0.1) is 5.82 Å². The molecule has 34 heavy (non-hydrogen) atoms. The molecule has 2 heterocycles. The van der Waals surface area contributed by atoms with Crippen LogP contribution in [0.1, 0.15) is 49.3 Å². The molecule has 0 fully saturated rings. The van der Waals surface area contributed by atoms with E-state index in [-0.39, 0.29) is 12.5 Å². The number of halogens is 2. The van der Waals surface area contributed by atoms with E-state index in [1.807, 2.05) is 32.9 Å². The normalized spacial score (nSPS) is 14.5. The second kappa shape index (κ2) is 9.68. The summed E-state index contributed by atoms with van der Waals surface area (Å²) in [7, 11) is 0. The molecule has 178 valence electrons. The minimum absolute atomic E-state index is 0.145. The average Bonchev–Trinajstić information content (AvgIpc) is 2.79. The van der Waals surface area contributed by atoms with Crippen LogP contribution in [-0.2, 0) is 24.1 Å². The summed E-state index contributed by atoms with van der Waals surface area (Å²) in [5.74, 6) is 0.144. The number of benzene rings is 2. The minimum Gasteiger partial charge on any atom is -0.444 e. The number of aliphatic hydroxyl groups is 1. The molecule has 0 bridgehead atoms. The molecule has 0 saturated carbocycles. The number of aliphatic hydroxyl groups excluding tert-OH is 1. The Balaban J connectivity index is 1.44. The van der Waals surface area contributed by atoms with Crippen molar-refractivity contribution >= 4 is 17.7 Å². The van der Waals surface area contributed by atoms with Gasteiger partial charge in [-0.05, 0) is 44.0 Å². The van der Waals surface area contributed by atoms with E-state index < -0.39 is 17.5 Å². The third-order valence-electron chi connectivity index (χ3n) is 5.57. The van der Waals surface area contributed by atoms with Gasteiger partial charge in [-0.2, -0.15) is 0 Å². The maximum absolute atomic E-state index is 14.1. The van der Waals surface area contributed by atoms with Crippen molar-refractivity contribution in [3.05, 3.63) is 81.9 Å². The van der Waals surface area contributed by atoms with Gasteiger partial charge in [-0.25, -0.2) is 19.2 Å². The van der Waals surface area contributed by atoms with Gasteiger partial charge in [0, 0.05) is 41.7 Å². The van der Waals surface area contributed by atoms with Crippen molar-refractivity contribution in [2.45, 2.75) is 51.9 Å². The first kappa shape index (κ1) is 24.1. The van der Waals surface area contributed by atoms with Crippen molar-refractivity contribution in [2.75, 3.05) is 6.54 Å². The number of hydrogen-bond donors (Lipinski definition) is 1. The smallest absolute Gasteiger partial charge is 0.410 e. The number of amides is 1. The number of ether oxygens (including phenoxy) is 1. The molecule has 1 unspecified atom stereocenters.